The lowest BCUT2D eigenvalue weighted by molar-refractivity contribution is 0.0453. The Kier molecular flexibility index (Phi) is 14.2. The lowest BCUT2D eigenvalue weighted by Crippen LogP contribution is -2.40. The number of hydrogen-bond donors (Lipinski definition) is 2. The summed E-state index contributed by atoms with van der Waals surface area (Å²) in [6.45, 7) is 12.5. The summed E-state index contributed by atoms with van der Waals surface area (Å²) in [6, 6.07) is 20.4. The van der Waals surface area contributed by atoms with E-state index in [9.17, 15) is 25.9 Å². The predicted octanol–water partition coefficient (Wildman–Crippen LogP) is 19.0. The molecule has 22 rings (SSSR count). The van der Waals surface area contributed by atoms with E-state index in [2.05, 4.69) is 58.9 Å². The topological polar surface area (TPSA) is 195 Å². The zero-order valence-corrected chi connectivity index (χ0v) is 64.2. The van der Waals surface area contributed by atoms with Crippen LogP contribution in [0.4, 0.5) is 0 Å². The van der Waals surface area contributed by atoms with Crippen LogP contribution in [0.2, 0.25) is 0 Å². The molecule has 0 aliphatic heterocycles. The van der Waals surface area contributed by atoms with Crippen LogP contribution >= 0.6 is 0 Å². The average molecular weight is 1470 g/mol. The largest absolute Gasteiger partial charge is 0.379 e. The first-order chi connectivity index (χ1) is 49.1. The van der Waals surface area contributed by atoms with E-state index in [1.807, 2.05) is 0 Å². The molecule has 18 bridgehead atoms. The summed E-state index contributed by atoms with van der Waals surface area (Å²) in [5.41, 5.74) is 6.90. The second-order valence-corrected chi connectivity index (χ2v) is 46.6. The van der Waals surface area contributed by atoms with Crippen LogP contribution in [0, 0.1) is 164 Å². The molecule has 0 aromatic heterocycles. The van der Waals surface area contributed by atoms with Crippen molar-refractivity contribution in [2.45, 2.75) is 244 Å². The monoisotopic (exact) mass is 1470 g/mol. The van der Waals surface area contributed by atoms with Gasteiger partial charge in [0.05, 0.1) is 9.79 Å². The standard InChI is InChI=1S/C87H108O12S4/c1-85(2)52-12-23-73(85)59(37-52)48-29-69(62-38-53-13-24-74(62)86(53,3)4)84(103(96,97)99-56-17-21-58(22-18-56)101(91,92)93)70(30-48)63-39-54-14-25-75(63)87(54,5)41-72-66-40-71(82-47-11-10-46(28-47)81(66)82)78(72)51-35-67(60-31-49-33-64(60)79-44-8-6-42(26-44)76(49)79)83(102(94,95)98-55-15-19-57(20-16-55)100(88,89)90)68(36-51)61-32-50-34-65(61)80-45-9-7-43(27-45)77(50)80/h15-22,29-30,35-36,42-47,49-50,52-54,59-66,71-82H,6-14,23-28,31-34,37-41H2,1-5H3,(H,88,89,90)(H,91,92,93). The third-order valence-corrected chi connectivity index (χ3v) is 41.9. The van der Waals surface area contributed by atoms with Crippen molar-refractivity contribution in [3.8, 4) is 11.5 Å². The molecular weight excluding hydrogens is 1370 g/mol. The van der Waals surface area contributed by atoms with E-state index in [1.54, 1.807) is 0 Å². The van der Waals surface area contributed by atoms with Gasteiger partial charge in [-0.2, -0.15) is 33.7 Å². The van der Waals surface area contributed by atoms with Crippen molar-refractivity contribution in [3.05, 3.63) is 106 Å². The molecule has 12 nitrogen and oxygen atoms in total. The minimum atomic E-state index is -4.55. The molecule has 16 heteroatoms. The molecule has 18 aliphatic rings. The van der Waals surface area contributed by atoms with E-state index in [1.165, 1.54) is 150 Å². The summed E-state index contributed by atoms with van der Waals surface area (Å²) < 4.78 is 148. The molecule has 0 spiro atoms. The normalized spacial score (nSPS) is 47.1. The first kappa shape index (κ1) is 66.2. The summed E-state index contributed by atoms with van der Waals surface area (Å²) >= 11 is 0. The van der Waals surface area contributed by atoms with Crippen LogP contribution in [-0.2, 0) is 40.5 Å². The average Bonchev–Trinajstić information content (AvgIpc) is 1.53. The van der Waals surface area contributed by atoms with Crippen LogP contribution in [0.15, 0.2) is 92.4 Å². The fourth-order valence-corrected chi connectivity index (χ4v) is 38.2. The SMILES string of the molecule is CC1(C)C2CCC1C(c1cc(C3CC4CCC3C4(C)C)c(S(=O)(=O)Oc3ccc(S(=O)(=O)O)cc3)c(C3CC4CCC3C4(C)CC3C4CC(C3c3cc(C5CC6CC5C5C7CCC(C7)C65)c(S(=O)(=O)Oc5ccc(S(=O)(=O)O)cc5)c(C5CC6CC5C5C7CCC(C7)C65)c3)C3C5CCC(C5)C43)c1)C2. The van der Waals surface area contributed by atoms with Gasteiger partial charge in [-0.3, -0.25) is 9.11 Å². The van der Waals surface area contributed by atoms with Gasteiger partial charge in [-0.1, -0.05) is 58.9 Å². The molecule has 552 valence electrons. The molecule has 32 atom stereocenters. The van der Waals surface area contributed by atoms with Crippen molar-refractivity contribution in [2.24, 2.45) is 164 Å². The Morgan fingerprint density at radius 1 is 0.359 bits per heavy atom. The maximum absolute atomic E-state index is 16.4. The van der Waals surface area contributed by atoms with Gasteiger partial charge in [0, 0.05) is 0 Å². The fourth-order valence-electron chi connectivity index (χ4n) is 34.3. The summed E-state index contributed by atoms with van der Waals surface area (Å²) in [4.78, 5) is 0.197. The van der Waals surface area contributed by atoms with E-state index in [-0.39, 0.29) is 73.0 Å². The molecule has 32 unspecified atom stereocenters. The van der Waals surface area contributed by atoms with Gasteiger partial charge in [-0.15, -0.1) is 0 Å². The van der Waals surface area contributed by atoms with Crippen molar-refractivity contribution in [1.82, 2.24) is 0 Å². The van der Waals surface area contributed by atoms with Crippen LogP contribution in [-0.4, -0.2) is 42.8 Å². The maximum Gasteiger partial charge on any atom is 0.339 e. The highest BCUT2D eigenvalue weighted by Gasteiger charge is 2.70. The van der Waals surface area contributed by atoms with E-state index in [0.717, 1.165) is 122 Å². The highest BCUT2D eigenvalue weighted by atomic mass is 32.2. The highest BCUT2D eigenvalue weighted by Crippen LogP contribution is 2.79. The van der Waals surface area contributed by atoms with E-state index in [4.69, 9.17) is 8.37 Å². The molecule has 103 heavy (non-hydrogen) atoms. The molecule has 0 radical (unpaired) electrons. The van der Waals surface area contributed by atoms with Gasteiger partial charge in [-0.25, -0.2) is 0 Å². The van der Waals surface area contributed by atoms with E-state index in [0.29, 0.717) is 122 Å². The van der Waals surface area contributed by atoms with Crippen LogP contribution in [0.3, 0.4) is 0 Å². The Bertz CT molecular complexity index is 4640. The van der Waals surface area contributed by atoms with Crippen molar-refractivity contribution in [3.63, 3.8) is 0 Å². The van der Waals surface area contributed by atoms with Gasteiger partial charge >= 0.3 is 20.2 Å². The molecule has 4 aromatic rings. The quantitative estimate of drug-likeness (QED) is 0.0613. The summed E-state index contributed by atoms with van der Waals surface area (Å²) in [5, 5.41) is 0. The van der Waals surface area contributed by atoms with Gasteiger partial charge in [-0.05, 0) is 436 Å². The number of hydrogen-bond acceptors (Lipinski definition) is 10. The van der Waals surface area contributed by atoms with Crippen LogP contribution < -0.4 is 8.37 Å². The first-order valence-electron chi connectivity index (χ1n) is 41.5. The third-order valence-electron chi connectivity index (χ3n) is 37.4. The molecule has 18 saturated carbocycles. The minimum absolute atomic E-state index is 0.0184. The molecule has 4 aromatic carbocycles. The highest BCUT2D eigenvalue weighted by molar-refractivity contribution is 7.87. The fraction of sp³-hybridized carbons (Fsp3) is 0.724. The Morgan fingerprint density at radius 3 is 1.17 bits per heavy atom. The van der Waals surface area contributed by atoms with Crippen molar-refractivity contribution < 1.29 is 51.1 Å². The molecular formula is C87H108O12S4. The molecule has 0 heterocycles. The molecule has 18 fully saturated rings. The minimum Gasteiger partial charge on any atom is -0.379 e. The summed E-state index contributed by atoms with van der Waals surface area (Å²) in [5.74, 6) is 15.6. The zero-order chi connectivity index (χ0) is 70.2. The van der Waals surface area contributed by atoms with Crippen LogP contribution in [0.25, 0.3) is 0 Å². The zero-order valence-electron chi connectivity index (χ0n) is 60.9. The lowest BCUT2D eigenvalue weighted by Gasteiger charge is -2.47. The Labute approximate surface area is 613 Å². The molecule has 2 N–H and O–H groups in total. The van der Waals surface area contributed by atoms with Crippen LogP contribution in [0.5, 0.6) is 11.5 Å². The maximum atomic E-state index is 16.4. The number of fused-ring (bicyclic) bond motifs is 33. The third kappa shape index (κ3) is 9.26. The summed E-state index contributed by atoms with van der Waals surface area (Å²) in [6.07, 6.45) is 28.5. The van der Waals surface area contributed by atoms with Crippen molar-refractivity contribution in [1.29, 1.82) is 0 Å². The van der Waals surface area contributed by atoms with E-state index >= 15 is 16.8 Å². The molecule has 0 amide bonds. The smallest absolute Gasteiger partial charge is 0.339 e. The van der Waals surface area contributed by atoms with Crippen molar-refractivity contribution in [2.75, 3.05) is 0 Å². The molecule has 0 saturated heterocycles. The van der Waals surface area contributed by atoms with Gasteiger partial charge in [0.15, 0.2) is 0 Å². The molecule has 18 aliphatic carbocycles. The second kappa shape index (κ2) is 22.0. The van der Waals surface area contributed by atoms with E-state index < -0.39 is 40.5 Å². The summed E-state index contributed by atoms with van der Waals surface area (Å²) in [7, 11) is -18.1. The predicted molar refractivity (Wildman–Crippen MR) is 391 cm³/mol. The van der Waals surface area contributed by atoms with Crippen molar-refractivity contribution >= 4 is 40.5 Å². The van der Waals surface area contributed by atoms with Gasteiger partial charge in [0.25, 0.3) is 20.2 Å². The lowest BCUT2D eigenvalue weighted by atomic mass is 9.57. The van der Waals surface area contributed by atoms with Gasteiger partial charge in [0.2, 0.25) is 0 Å². The van der Waals surface area contributed by atoms with Crippen LogP contribution in [0.1, 0.15) is 258 Å². The Balaban J connectivity index is 0.695. The van der Waals surface area contributed by atoms with Gasteiger partial charge in [0.1, 0.15) is 21.3 Å². The second-order valence-electron chi connectivity index (χ2n) is 40.8. The Morgan fingerprint density at radius 2 is 0.738 bits per heavy atom. The number of rotatable bonds is 16. The number of benzene rings is 4. The van der Waals surface area contributed by atoms with Gasteiger partial charge < -0.3 is 8.37 Å². The Hall–Kier alpha value is -3.80. The first-order valence-corrected chi connectivity index (χ1v) is 47.2.